The van der Waals surface area contributed by atoms with Gasteiger partial charge in [-0.2, -0.15) is 0 Å². The maximum absolute atomic E-state index is 9.32. The molecule has 0 spiro atoms. The van der Waals surface area contributed by atoms with Gasteiger partial charge in [-0.05, 0) is 37.2 Å². The molecule has 2 N–H and O–H groups in total. The van der Waals surface area contributed by atoms with Crippen LogP contribution in [0.15, 0.2) is 24.3 Å². The van der Waals surface area contributed by atoms with Crippen LogP contribution >= 0.6 is 0 Å². The van der Waals surface area contributed by atoms with Crippen molar-refractivity contribution in [3.8, 4) is 0 Å². The van der Waals surface area contributed by atoms with Crippen LogP contribution < -0.4 is 5.32 Å². The predicted octanol–water partition coefficient (Wildman–Crippen LogP) is 2.85. The van der Waals surface area contributed by atoms with Gasteiger partial charge in [0.2, 0.25) is 0 Å². The second-order valence-electron chi connectivity index (χ2n) is 5.98. The van der Waals surface area contributed by atoms with E-state index in [0.29, 0.717) is 17.9 Å². The van der Waals surface area contributed by atoms with Crippen LogP contribution in [0.4, 0.5) is 0 Å². The highest BCUT2D eigenvalue weighted by atomic mass is 16.3. The highest BCUT2D eigenvalue weighted by molar-refractivity contribution is 5.26. The Morgan fingerprint density at radius 1 is 1.22 bits per heavy atom. The molecule has 1 aliphatic carbocycles. The first-order valence-corrected chi connectivity index (χ1v) is 7.03. The van der Waals surface area contributed by atoms with Crippen LogP contribution in [0.1, 0.15) is 43.7 Å². The van der Waals surface area contributed by atoms with E-state index in [-0.39, 0.29) is 12.6 Å². The summed E-state index contributed by atoms with van der Waals surface area (Å²) in [4.78, 5) is 0. The lowest BCUT2D eigenvalue weighted by molar-refractivity contribution is 0.169. The summed E-state index contributed by atoms with van der Waals surface area (Å²) in [6.45, 7) is 6.68. The molecule has 0 aromatic heterocycles. The number of aryl methyl sites for hydroxylation is 1. The minimum absolute atomic E-state index is 0.239. The normalized spacial score (nSPS) is 24.9. The number of benzene rings is 1. The summed E-state index contributed by atoms with van der Waals surface area (Å²) in [6, 6.07) is 9.72. The fourth-order valence-corrected chi connectivity index (χ4v) is 2.62. The Balaban J connectivity index is 1.81. The van der Waals surface area contributed by atoms with Gasteiger partial charge in [0.15, 0.2) is 0 Å². The Morgan fingerprint density at radius 3 is 2.33 bits per heavy atom. The van der Waals surface area contributed by atoms with E-state index in [1.165, 1.54) is 24.0 Å². The van der Waals surface area contributed by atoms with Crippen LogP contribution in [0.5, 0.6) is 0 Å². The third-order valence-electron chi connectivity index (χ3n) is 4.14. The molecule has 0 radical (unpaired) electrons. The molecule has 0 unspecified atom stereocenters. The van der Waals surface area contributed by atoms with Crippen LogP contribution in [0.3, 0.4) is 0 Å². The molecular formula is C16H25NO. The van der Waals surface area contributed by atoms with Crippen LogP contribution in [0.25, 0.3) is 0 Å². The Kier molecular flexibility index (Phi) is 4.41. The molecule has 1 atom stereocenters. The van der Waals surface area contributed by atoms with Crippen molar-refractivity contribution >= 4 is 0 Å². The van der Waals surface area contributed by atoms with Gasteiger partial charge in [-0.3, -0.25) is 0 Å². The van der Waals surface area contributed by atoms with E-state index in [9.17, 15) is 5.11 Å². The highest BCUT2D eigenvalue weighted by Gasteiger charge is 2.31. The van der Waals surface area contributed by atoms with Crippen LogP contribution in [-0.2, 0) is 0 Å². The minimum Gasteiger partial charge on any atom is -0.395 e. The van der Waals surface area contributed by atoms with Crippen LogP contribution in [0.2, 0.25) is 0 Å². The van der Waals surface area contributed by atoms with Crippen LogP contribution in [0, 0.1) is 12.8 Å². The Bertz CT molecular complexity index is 365. The third-order valence-corrected chi connectivity index (χ3v) is 4.14. The number of hydrogen-bond acceptors (Lipinski definition) is 2. The average Bonchev–Trinajstić information content (AvgIpc) is 2.29. The molecule has 100 valence electrons. The van der Waals surface area contributed by atoms with Crippen molar-refractivity contribution in [1.82, 2.24) is 5.32 Å². The average molecular weight is 247 g/mol. The van der Waals surface area contributed by atoms with E-state index < -0.39 is 0 Å². The van der Waals surface area contributed by atoms with Crippen molar-refractivity contribution in [2.75, 3.05) is 6.61 Å². The maximum atomic E-state index is 9.32. The van der Waals surface area contributed by atoms with Gasteiger partial charge in [0, 0.05) is 12.1 Å². The van der Waals surface area contributed by atoms with Crippen molar-refractivity contribution in [2.24, 2.45) is 5.92 Å². The molecule has 0 aliphatic heterocycles. The van der Waals surface area contributed by atoms with Gasteiger partial charge in [0.25, 0.3) is 0 Å². The molecule has 1 aromatic carbocycles. The lowest BCUT2D eigenvalue weighted by Gasteiger charge is -2.39. The number of rotatable bonds is 5. The molecule has 2 rings (SSSR count). The topological polar surface area (TPSA) is 32.3 Å². The van der Waals surface area contributed by atoms with Gasteiger partial charge < -0.3 is 10.4 Å². The first-order chi connectivity index (χ1) is 8.60. The van der Waals surface area contributed by atoms with Gasteiger partial charge in [0.05, 0.1) is 6.61 Å². The molecule has 18 heavy (non-hydrogen) atoms. The lowest BCUT2D eigenvalue weighted by atomic mass is 9.75. The summed E-state index contributed by atoms with van der Waals surface area (Å²) in [5.74, 6) is 1.20. The molecule has 1 aliphatic rings. The second kappa shape index (κ2) is 5.85. The predicted molar refractivity (Wildman–Crippen MR) is 75.8 cm³/mol. The third kappa shape index (κ3) is 3.12. The van der Waals surface area contributed by atoms with Crippen molar-refractivity contribution in [3.05, 3.63) is 35.4 Å². The number of nitrogens with one attached hydrogen (secondary N) is 1. The van der Waals surface area contributed by atoms with E-state index in [2.05, 4.69) is 50.4 Å². The Labute approximate surface area is 110 Å². The summed E-state index contributed by atoms with van der Waals surface area (Å²) >= 11 is 0. The molecular weight excluding hydrogens is 222 g/mol. The largest absolute Gasteiger partial charge is 0.395 e. The summed E-state index contributed by atoms with van der Waals surface area (Å²) < 4.78 is 0. The van der Waals surface area contributed by atoms with E-state index in [1.807, 2.05) is 0 Å². The van der Waals surface area contributed by atoms with Gasteiger partial charge >= 0.3 is 0 Å². The SMILES string of the molecule is Cc1ccc(C2CC(N[C@H](CO)C(C)C)C2)cc1. The van der Waals surface area contributed by atoms with E-state index in [0.717, 1.165) is 0 Å². The Hall–Kier alpha value is -0.860. The minimum atomic E-state index is 0.239. The molecule has 0 amide bonds. The number of aliphatic hydroxyl groups excluding tert-OH is 1. The maximum Gasteiger partial charge on any atom is 0.0587 e. The van der Waals surface area contributed by atoms with Crippen molar-refractivity contribution in [1.29, 1.82) is 0 Å². The first kappa shape index (κ1) is 13.6. The zero-order valence-electron chi connectivity index (χ0n) is 11.7. The van der Waals surface area contributed by atoms with Gasteiger partial charge in [-0.25, -0.2) is 0 Å². The number of hydrogen-bond donors (Lipinski definition) is 2. The van der Waals surface area contributed by atoms with E-state index in [4.69, 9.17) is 0 Å². The molecule has 1 fully saturated rings. The second-order valence-corrected chi connectivity index (χ2v) is 5.98. The molecule has 1 saturated carbocycles. The molecule has 0 bridgehead atoms. The molecule has 2 heteroatoms. The van der Waals surface area contributed by atoms with Crippen molar-refractivity contribution in [2.45, 2.75) is 51.6 Å². The van der Waals surface area contributed by atoms with Crippen molar-refractivity contribution < 1.29 is 5.11 Å². The van der Waals surface area contributed by atoms with Gasteiger partial charge in [0.1, 0.15) is 0 Å². The zero-order valence-corrected chi connectivity index (χ0v) is 11.7. The van der Waals surface area contributed by atoms with Gasteiger partial charge in [-0.1, -0.05) is 43.7 Å². The van der Waals surface area contributed by atoms with E-state index >= 15 is 0 Å². The molecule has 1 aromatic rings. The smallest absolute Gasteiger partial charge is 0.0587 e. The lowest BCUT2D eigenvalue weighted by Crippen LogP contribution is -2.49. The van der Waals surface area contributed by atoms with Crippen LogP contribution in [-0.4, -0.2) is 23.8 Å². The highest BCUT2D eigenvalue weighted by Crippen LogP contribution is 2.37. The molecule has 0 heterocycles. The zero-order chi connectivity index (χ0) is 13.1. The fourth-order valence-electron chi connectivity index (χ4n) is 2.62. The van der Waals surface area contributed by atoms with Gasteiger partial charge in [-0.15, -0.1) is 0 Å². The monoisotopic (exact) mass is 247 g/mol. The first-order valence-electron chi connectivity index (χ1n) is 7.03. The van der Waals surface area contributed by atoms with E-state index in [1.54, 1.807) is 0 Å². The summed E-state index contributed by atoms with van der Waals surface area (Å²) in [5, 5.41) is 12.9. The Morgan fingerprint density at radius 2 is 1.83 bits per heavy atom. The quantitative estimate of drug-likeness (QED) is 0.838. The number of aliphatic hydroxyl groups is 1. The standard InChI is InChI=1S/C16H25NO/c1-11(2)16(10-18)17-15-8-14(9-15)13-6-4-12(3)5-7-13/h4-7,11,14-18H,8-10H2,1-3H3/t14?,15?,16-/m1/s1. The van der Waals surface area contributed by atoms with Crippen molar-refractivity contribution in [3.63, 3.8) is 0 Å². The summed E-state index contributed by atoms with van der Waals surface area (Å²) in [5.41, 5.74) is 2.79. The fraction of sp³-hybridized carbons (Fsp3) is 0.625. The summed E-state index contributed by atoms with van der Waals surface area (Å²) in [7, 11) is 0. The molecule has 2 nitrogen and oxygen atoms in total. The summed E-state index contributed by atoms with van der Waals surface area (Å²) in [6.07, 6.45) is 2.40. The molecule has 0 saturated heterocycles.